The molecule has 1 aliphatic rings. The maximum atomic E-state index is 13.8. The van der Waals surface area contributed by atoms with Crippen LogP contribution in [0.15, 0.2) is 48.7 Å². The van der Waals surface area contributed by atoms with Crippen LogP contribution in [0.2, 0.25) is 0 Å². The molecular weight excluding hydrogens is 462 g/mol. The van der Waals surface area contributed by atoms with E-state index in [-0.39, 0.29) is 38.5 Å². The number of fused-ring (bicyclic) bond motifs is 1. The van der Waals surface area contributed by atoms with Gasteiger partial charge in [0.25, 0.3) is 0 Å². The Kier molecular flexibility index (Phi) is 9.47. The van der Waals surface area contributed by atoms with Crippen molar-refractivity contribution in [3.63, 3.8) is 0 Å². The lowest BCUT2D eigenvalue weighted by Crippen LogP contribution is -2.47. The van der Waals surface area contributed by atoms with Gasteiger partial charge in [0.15, 0.2) is 17.4 Å². The molecule has 2 aromatic carbocycles. The summed E-state index contributed by atoms with van der Waals surface area (Å²) in [6.45, 7) is 1.94. The van der Waals surface area contributed by atoms with Gasteiger partial charge in [-0.3, -0.25) is 14.5 Å². The van der Waals surface area contributed by atoms with Gasteiger partial charge in [-0.1, -0.05) is 38.1 Å². The van der Waals surface area contributed by atoms with Crippen LogP contribution in [0.1, 0.15) is 44.2 Å². The molecule has 192 valence electrons. The topological polar surface area (TPSA) is 88.3 Å². The lowest BCUT2D eigenvalue weighted by atomic mass is 9.96. The van der Waals surface area contributed by atoms with E-state index in [1.807, 2.05) is 24.3 Å². The fourth-order valence-corrected chi connectivity index (χ4v) is 4.56. The highest BCUT2D eigenvalue weighted by atomic mass is 19.2. The van der Waals surface area contributed by atoms with E-state index in [1.54, 1.807) is 6.20 Å². The molecule has 3 aromatic rings. The van der Waals surface area contributed by atoms with Crippen LogP contribution in [0.25, 0.3) is 10.8 Å². The van der Waals surface area contributed by atoms with Gasteiger partial charge in [-0.2, -0.15) is 0 Å². The maximum Gasteiger partial charge on any atom is 0.234 e. The molecule has 0 saturated carbocycles. The van der Waals surface area contributed by atoms with Crippen molar-refractivity contribution in [3.8, 4) is 0 Å². The fraction of sp³-hybridized carbons (Fsp3) is 0.393. The Morgan fingerprint density at radius 1 is 1.00 bits per heavy atom. The summed E-state index contributed by atoms with van der Waals surface area (Å²) in [5.74, 6) is -1.86. The Hall–Kier alpha value is -3.39. The molecule has 0 radical (unpaired) electrons. The molecule has 1 saturated heterocycles. The molecule has 0 spiro atoms. The Bertz CT molecular complexity index is 1210. The lowest BCUT2D eigenvalue weighted by Gasteiger charge is -2.27. The van der Waals surface area contributed by atoms with Crippen molar-refractivity contribution in [3.05, 3.63) is 71.4 Å². The number of pyridine rings is 1. The lowest BCUT2D eigenvalue weighted by molar-refractivity contribution is -0.128. The number of Topliss-reactive ketones (excluding diaryl/α,β-unsaturated/α-hetero) is 1. The second kappa shape index (κ2) is 12.5. The number of hydrogen-bond acceptors (Lipinski definition) is 5. The van der Waals surface area contributed by atoms with Crippen molar-refractivity contribution in [2.75, 3.05) is 25.4 Å². The van der Waals surface area contributed by atoms with Crippen LogP contribution in [-0.2, 0) is 22.4 Å². The smallest absolute Gasteiger partial charge is 0.234 e. The normalized spacial score (nSPS) is 14.7. The number of ketones is 1. The van der Waals surface area contributed by atoms with E-state index in [0.29, 0.717) is 17.8 Å². The Labute approximate surface area is 210 Å². The van der Waals surface area contributed by atoms with E-state index in [0.717, 1.165) is 60.8 Å². The van der Waals surface area contributed by atoms with Gasteiger partial charge in [-0.15, -0.1) is 0 Å². The molecule has 0 unspecified atom stereocenters. The number of carbonyl (C=O) groups is 2. The van der Waals surface area contributed by atoms with Crippen LogP contribution in [0.5, 0.6) is 0 Å². The number of nitrogens with one attached hydrogen (secondary N) is 1. The molecule has 1 aromatic heterocycles. The molecule has 1 aliphatic heterocycles. The van der Waals surface area contributed by atoms with Gasteiger partial charge in [0, 0.05) is 18.0 Å². The van der Waals surface area contributed by atoms with Crippen LogP contribution < -0.4 is 11.1 Å². The molecule has 0 aliphatic carbocycles. The minimum atomic E-state index is -0.974. The van der Waals surface area contributed by atoms with Crippen molar-refractivity contribution < 1.29 is 18.4 Å². The summed E-state index contributed by atoms with van der Waals surface area (Å²) < 4.78 is 27.1. The van der Waals surface area contributed by atoms with Crippen molar-refractivity contribution in [1.82, 2.24) is 15.2 Å². The zero-order valence-corrected chi connectivity index (χ0v) is 19.6. The molecular formula is C28H34F2N4O2. The number of nitrogen functional groups attached to an aromatic ring is 1. The minimum Gasteiger partial charge on any atom is -0.383 e. The van der Waals surface area contributed by atoms with Gasteiger partial charge in [0.1, 0.15) is 5.82 Å². The highest BCUT2D eigenvalue weighted by molar-refractivity contribution is 5.92. The highest BCUT2D eigenvalue weighted by Crippen LogP contribution is 2.21. The standard InChI is InChI=1S/C27H30F2N4O2.CH4/c28-22-8-5-19(15-23(22)29)16-24(32-26(35)17-33-12-2-1-3-13-33)25(34)9-6-18-4-7-21-20(14-18)10-11-31-27(21)30;/h4-5,7-8,10-11,14-15,24H,1-3,6,9,12-13,16-17H2,(H2,30,31)(H,32,35);1H4/t24-;/m0./s1. The Balaban J connectivity index is 0.00000361. The summed E-state index contributed by atoms with van der Waals surface area (Å²) in [4.78, 5) is 32.1. The van der Waals surface area contributed by atoms with Crippen molar-refractivity contribution in [1.29, 1.82) is 0 Å². The van der Waals surface area contributed by atoms with E-state index in [2.05, 4.69) is 15.2 Å². The summed E-state index contributed by atoms with van der Waals surface area (Å²) in [5, 5.41) is 4.64. The number of halogens is 2. The van der Waals surface area contributed by atoms with Crippen LogP contribution in [0.3, 0.4) is 0 Å². The highest BCUT2D eigenvalue weighted by Gasteiger charge is 2.23. The average Bonchev–Trinajstić information content (AvgIpc) is 2.85. The number of nitrogens with zero attached hydrogens (tertiary/aromatic N) is 2. The first-order chi connectivity index (χ1) is 16.9. The molecule has 2 heterocycles. The number of amides is 1. The van der Waals surface area contributed by atoms with Crippen LogP contribution in [0, 0.1) is 11.6 Å². The first-order valence-electron chi connectivity index (χ1n) is 12.0. The predicted octanol–water partition coefficient (Wildman–Crippen LogP) is 4.45. The van der Waals surface area contributed by atoms with Crippen molar-refractivity contribution in [2.24, 2.45) is 0 Å². The van der Waals surface area contributed by atoms with Crippen LogP contribution in [-0.4, -0.2) is 47.3 Å². The molecule has 0 bridgehead atoms. The van der Waals surface area contributed by atoms with E-state index >= 15 is 0 Å². The zero-order chi connectivity index (χ0) is 24.8. The number of anilines is 1. The summed E-state index contributed by atoms with van der Waals surface area (Å²) in [6.07, 6.45) is 5.69. The largest absolute Gasteiger partial charge is 0.383 e. The zero-order valence-electron chi connectivity index (χ0n) is 19.6. The molecule has 4 rings (SSSR count). The third-order valence-corrected chi connectivity index (χ3v) is 6.48. The van der Waals surface area contributed by atoms with Crippen molar-refractivity contribution >= 4 is 28.3 Å². The minimum absolute atomic E-state index is 0. The SMILES string of the molecule is C.Nc1nccc2cc(CCC(=O)[C@H](Cc3ccc(F)c(F)c3)NC(=O)CN3CCCCC3)ccc12. The first-order valence-corrected chi connectivity index (χ1v) is 12.0. The van der Waals surface area contributed by atoms with Gasteiger partial charge < -0.3 is 11.1 Å². The number of hydrogen-bond donors (Lipinski definition) is 2. The predicted molar refractivity (Wildman–Crippen MR) is 138 cm³/mol. The third-order valence-electron chi connectivity index (χ3n) is 6.48. The van der Waals surface area contributed by atoms with Gasteiger partial charge in [-0.25, -0.2) is 13.8 Å². The second-order valence-corrected chi connectivity index (χ2v) is 9.13. The number of carbonyl (C=O) groups excluding carboxylic acids is 2. The van der Waals surface area contributed by atoms with E-state index < -0.39 is 17.7 Å². The Morgan fingerprint density at radius 3 is 2.50 bits per heavy atom. The summed E-state index contributed by atoms with van der Waals surface area (Å²) in [7, 11) is 0. The number of nitrogens with two attached hydrogens (primary N) is 1. The van der Waals surface area contributed by atoms with E-state index in [4.69, 9.17) is 5.73 Å². The number of piperidine rings is 1. The quantitative estimate of drug-likeness (QED) is 0.457. The maximum absolute atomic E-state index is 13.8. The number of rotatable bonds is 9. The number of benzene rings is 2. The second-order valence-electron chi connectivity index (χ2n) is 9.13. The average molecular weight is 497 g/mol. The molecule has 36 heavy (non-hydrogen) atoms. The molecule has 1 amide bonds. The molecule has 6 nitrogen and oxygen atoms in total. The van der Waals surface area contributed by atoms with Gasteiger partial charge >= 0.3 is 0 Å². The third kappa shape index (κ3) is 7.07. The van der Waals surface area contributed by atoms with Crippen LogP contribution in [0.4, 0.5) is 14.6 Å². The van der Waals surface area contributed by atoms with Gasteiger partial charge in [-0.05, 0) is 73.5 Å². The monoisotopic (exact) mass is 496 g/mol. The van der Waals surface area contributed by atoms with Gasteiger partial charge in [0.05, 0.1) is 12.6 Å². The fourth-order valence-electron chi connectivity index (χ4n) is 4.56. The van der Waals surface area contributed by atoms with Crippen molar-refractivity contribution in [2.45, 2.75) is 52.0 Å². The first kappa shape index (κ1) is 27.2. The van der Waals surface area contributed by atoms with E-state index in [1.165, 1.54) is 6.07 Å². The van der Waals surface area contributed by atoms with Crippen LogP contribution >= 0.6 is 0 Å². The number of aromatic nitrogens is 1. The molecule has 1 atom stereocenters. The molecule has 3 N–H and O–H groups in total. The van der Waals surface area contributed by atoms with E-state index in [9.17, 15) is 18.4 Å². The Morgan fingerprint density at radius 2 is 1.75 bits per heavy atom. The molecule has 1 fully saturated rings. The number of aryl methyl sites for hydroxylation is 1. The van der Waals surface area contributed by atoms with Gasteiger partial charge in [0.2, 0.25) is 5.91 Å². The summed E-state index contributed by atoms with van der Waals surface area (Å²) >= 11 is 0. The molecule has 8 heteroatoms. The number of likely N-dealkylation sites (tertiary alicyclic amines) is 1. The summed E-state index contributed by atoms with van der Waals surface area (Å²) in [5.41, 5.74) is 7.33. The summed E-state index contributed by atoms with van der Waals surface area (Å²) in [6, 6.07) is 10.4.